The highest BCUT2D eigenvalue weighted by Crippen LogP contribution is 2.18. The summed E-state index contributed by atoms with van der Waals surface area (Å²) in [5.41, 5.74) is -0.294. The minimum absolute atomic E-state index is 0.291. The SMILES string of the molecule is COc1ccncc1C(=O)C(C)NC(=O)OC(C)(C)C. The van der Waals surface area contributed by atoms with E-state index in [1.54, 1.807) is 33.8 Å². The van der Waals surface area contributed by atoms with E-state index in [2.05, 4.69) is 10.3 Å². The summed E-state index contributed by atoms with van der Waals surface area (Å²) in [6.07, 6.45) is 2.30. The van der Waals surface area contributed by atoms with Crippen LogP contribution in [0.4, 0.5) is 4.79 Å². The first-order valence-corrected chi connectivity index (χ1v) is 6.26. The van der Waals surface area contributed by atoms with Gasteiger partial charge in [0.25, 0.3) is 0 Å². The number of amides is 1. The molecular weight excluding hydrogens is 260 g/mol. The van der Waals surface area contributed by atoms with Gasteiger partial charge in [-0.15, -0.1) is 0 Å². The monoisotopic (exact) mass is 280 g/mol. The van der Waals surface area contributed by atoms with Crippen LogP contribution in [0.2, 0.25) is 0 Å². The Morgan fingerprint density at radius 1 is 1.35 bits per heavy atom. The van der Waals surface area contributed by atoms with Gasteiger partial charge in [-0.05, 0) is 33.8 Å². The third-order valence-electron chi connectivity index (χ3n) is 2.39. The van der Waals surface area contributed by atoms with Crippen molar-refractivity contribution < 1.29 is 19.1 Å². The summed E-state index contributed by atoms with van der Waals surface area (Å²) in [6.45, 7) is 6.84. The van der Waals surface area contributed by atoms with Crippen molar-refractivity contribution in [1.82, 2.24) is 10.3 Å². The number of pyridine rings is 1. The van der Waals surface area contributed by atoms with Crippen LogP contribution in [0.25, 0.3) is 0 Å². The van der Waals surface area contributed by atoms with Crippen LogP contribution in [0.3, 0.4) is 0 Å². The number of carbonyl (C=O) groups excluding carboxylic acids is 2. The largest absolute Gasteiger partial charge is 0.496 e. The Hall–Kier alpha value is -2.11. The fraction of sp³-hybridized carbons (Fsp3) is 0.500. The van der Waals surface area contributed by atoms with Crippen LogP contribution in [0.15, 0.2) is 18.5 Å². The van der Waals surface area contributed by atoms with Gasteiger partial charge in [0.05, 0.1) is 18.7 Å². The molecule has 0 fully saturated rings. The summed E-state index contributed by atoms with van der Waals surface area (Å²) in [5, 5.41) is 2.49. The zero-order valence-corrected chi connectivity index (χ0v) is 12.4. The van der Waals surface area contributed by atoms with Crippen LogP contribution in [-0.2, 0) is 4.74 Å². The number of carbonyl (C=O) groups is 2. The molecule has 0 saturated carbocycles. The van der Waals surface area contributed by atoms with E-state index in [1.807, 2.05) is 0 Å². The topological polar surface area (TPSA) is 77.5 Å². The molecule has 1 unspecified atom stereocenters. The van der Waals surface area contributed by atoms with Gasteiger partial charge in [0, 0.05) is 12.4 Å². The summed E-state index contributed by atoms with van der Waals surface area (Å²) in [4.78, 5) is 27.8. The molecule has 0 aliphatic carbocycles. The number of hydrogen-bond donors (Lipinski definition) is 1. The Balaban J connectivity index is 2.75. The van der Waals surface area contributed by atoms with Gasteiger partial charge in [0.15, 0.2) is 5.78 Å². The van der Waals surface area contributed by atoms with Crippen LogP contribution in [0.5, 0.6) is 5.75 Å². The second-order valence-corrected chi connectivity index (χ2v) is 5.31. The van der Waals surface area contributed by atoms with Crippen molar-refractivity contribution in [3.05, 3.63) is 24.0 Å². The van der Waals surface area contributed by atoms with Crippen molar-refractivity contribution in [2.45, 2.75) is 39.3 Å². The highest BCUT2D eigenvalue weighted by molar-refractivity contribution is 6.03. The van der Waals surface area contributed by atoms with Crippen molar-refractivity contribution in [2.75, 3.05) is 7.11 Å². The van der Waals surface area contributed by atoms with E-state index in [4.69, 9.17) is 9.47 Å². The summed E-state index contributed by atoms with van der Waals surface area (Å²) < 4.78 is 10.2. The molecule has 0 spiro atoms. The van der Waals surface area contributed by atoms with Gasteiger partial charge in [0.2, 0.25) is 0 Å². The van der Waals surface area contributed by atoms with Crippen molar-refractivity contribution in [2.24, 2.45) is 0 Å². The molecule has 110 valence electrons. The van der Waals surface area contributed by atoms with Crippen molar-refractivity contribution in [3.63, 3.8) is 0 Å². The summed E-state index contributed by atoms with van der Waals surface area (Å²) in [7, 11) is 1.47. The zero-order chi connectivity index (χ0) is 15.3. The van der Waals surface area contributed by atoms with Gasteiger partial charge < -0.3 is 14.8 Å². The first-order valence-electron chi connectivity index (χ1n) is 6.26. The molecule has 1 atom stereocenters. The highest BCUT2D eigenvalue weighted by Gasteiger charge is 2.23. The molecule has 6 heteroatoms. The lowest BCUT2D eigenvalue weighted by Gasteiger charge is -2.21. The summed E-state index contributed by atoms with van der Waals surface area (Å²) in [6, 6.07) is 0.857. The summed E-state index contributed by atoms with van der Waals surface area (Å²) in [5.74, 6) is 0.128. The fourth-order valence-electron chi connectivity index (χ4n) is 1.53. The van der Waals surface area contributed by atoms with Crippen LogP contribution < -0.4 is 10.1 Å². The number of ketones is 1. The molecule has 0 saturated heterocycles. The maximum absolute atomic E-state index is 12.2. The van der Waals surface area contributed by atoms with Crippen molar-refractivity contribution in [3.8, 4) is 5.75 Å². The first kappa shape index (κ1) is 15.9. The number of hydrogen-bond acceptors (Lipinski definition) is 5. The van der Waals surface area contributed by atoms with Gasteiger partial charge in [-0.2, -0.15) is 0 Å². The zero-order valence-electron chi connectivity index (χ0n) is 12.4. The maximum Gasteiger partial charge on any atom is 0.408 e. The van der Waals surface area contributed by atoms with Crippen LogP contribution in [0.1, 0.15) is 38.1 Å². The number of alkyl carbamates (subject to hydrolysis) is 1. The third-order valence-corrected chi connectivity index (χ3v) is 2.39. The average molecular weight is 280 g/mol. The second kappa shape index (κ2) is 6.36. The van der Waals surface area contributed by atoms with E-state index in [1.165, 1.54) is 19.5 Å². The first-order chi connectivity index (χ1) is 9.24. The number of rotatable bonds is 4. The van der Waals surface area contributed by atoms with E-state index >= 15 is 0 Å². The smallest absolute Gasteiger partial charge is 0.408 e. The van der Waals surface area contributed by atoms with E-state index < -0.39 is 17.7 Å². The molecule has 0 aliphatic rings. The Morgan fingerprint density at radius 2 is 2.00 bits per heavy atom. The molecule has 1 heterocycles. The Labute approximate surface area is 118 Å². The van der Waals surface area contributed by atoms with Crippen molar-refractivity contribution >= 4 is 11.9 Å². The lowest BCUT2D eigenvalue weighted by atomic mass is 10.1. The Morgan fingerprint density at radius 3 is 2.55 bits per heavy atom. The number of nitrogens with zero attached hydrogens (tertiary/aromatic N) is 1. The van der Waals surface area contributed by atoms with Gasteiger partial charge in [-0.1, -0.05) is 0 Å². The lowest BCUT2D eigenvalue weighted by Crippen LogP contribution is -2.41. The minimum atomic E-state index is -0.733. The van der Waals surface area contributed by atoms with Crippen molar-refractivity contribution in [1.29, 1.82) is 0 Å². The predicted octanol–water partition coefficient (Wildman–Crippen LogP) is 2.19. The molecule has 0 aromatic carbocycles. The molecule has 0 bridgehead atoms. The predicted molar refractivity (Wildman–Crippen MR) is 74.0 cm³/mol. The van der Waals surface area contributed by atoms with Crippen LogP contribution in [0, 0.1) is 0 Å². The maximum atomic E-state index is 12.2. The number of aromatic nitrogens is 1. The fourth-order valence-corrected chi connectivity index (χ4v) is 1.53. The molecule has 0 radical (unpaired) electrons. The van der Waals surface area contributed by atoms with Gasteiger partial charge in [-0.25, -0.2) is 4.79 Å². The minimum Gasteiger partial charge on any atom is -0.496 e. The van der Waals surface area contributed by atoms with Gasteiger partial charge >= 0.3 is 6.09 Å². The van der Waals surface area contributed by atoms with Crippen LogP contribution >= 0.6 is 0 Å². The quantitative estimate of drug-likeness (QED) is 0.855. The molecule has 1 amide bonds. The molecule has 20 heavy (non-hydrogen) atoms. The third kappa shape index (κ3) is 4.53. The van der Waals surface area contributed by atoms with E-state index in [-0.39, 0.29) is 5.78 Å². The molecule has 0 aliphatic heterocycles. The number of methoxy groups -OCH3 is 1. The Kier molecular flexibility index (Phi) is 5.07. The second-order valence-electron chi connectivity index (χ2n) is 5.31. The molecule has 6 nitrogen and oxygen atoms in total. The highest BCUT2D eigenvalue weighted by atomic mass is 16.6. The number of ether oxygens (including phenoxy) is 2. The normalized spacial score (nSPS) is 12.4. The van der Waals surface area contributed by atoms with E-state index in [0.717, 1.165) is 0 Å². The standard InChI is InChI=1S/C14H20N2O4/c1-9(16-13(18)20-14(2,3)4)12(17)10-8-15-7-6-11(10)19-5/h6-9H,1-5H3,(H,16,18). The van der Waals surface area contributed by atoms with Gasteiger partial charge in [-0.3, -0.25) is 9.78 Å². The number of nitrogens with one attached hydrogen (secondary N) is 1. The van der Waals surface area contributed by atoms with Gasteiger partial charge in [0.1, 0.15) is 11.4 Å². The summed E-state index contributed by atoms with van der Waals surface area (Å²) >= 11 is 0. The van der Waals surface area contributed by atoms with Crippen LogP contribution in [-0.4, -0.2) is 35.6 Å². The number of Topliss-reactive ketones (excluding diaryl/α,β-unsaturated/α-hetero) is 1. The Bertz CT molecular complexity index is 494. The molecule has 1 rings (SSSR count). The average Bonchev–Trinajstić information content (AvgIpc) is 2.35. The van der Waals surface area contributed by atoms with E-state index in [0.29, 0.717) is 11.3 Å². The molecule has 1 N–H and O–H groups in total. The lowest BCUT2D eigenvalue weighted by molar-refractivity contribution is 0.0496. The van der Waals surface area contributed by atoms with E-state index in [9.17, 15) is 9.59 Å². The molecule has 1 aromatic heterocycles. The molecular formula is C14H20N2O4. The molecule has 1 aromatic rings.